The zero-order valence-corrected chi connectivity index (χ0v) is 11.2. The Labute approximate surface area is 99.2 Å². The molecule has 1 aliphatic rings. The highest BCUT2D eigenvalue weighted by molar-refractivity contribution is 7.89. The molecule has 5 heteroatoms. The van der Waals surface area contributed by atoms with Crippen molar-refractivity contribution >= 4 is 10.0 Å². The van der Waals surface area contributed by atoms with Crippen LogP contribution in [0.1, 0.15) is 39.5 Å². The average Bonchev–Trinajstić information content (AvgIpc) is 2.74. The summed E-state index contributed by atoms with van der Waals surface area (Å²) in [5, 5.41) is 0. The van der Waals surface area contributed by atoms with Crippen LogP contribution in [0.5, 0.6) is 0 Å². The molecule has 1 rings (SSSR count). The Hall–Kier alpha value is -0.130. The van der Waals surface area contributed by atoms with Crippen molar-refractivity contribution in [2.24, 2.45) is 11.7 Å². The standard InChI is InChI=1S/C11H24N2O2S/c1-3-10(4-2)9-16(14,15)13-7-5-6-11(13)8-12/h10-11H,3-9,12H2,1-2H3. The molecule has 96 valence electrons. The molecule has 0 amide bonds. The minimum absolute atomic E-state index is 0.0411. The van der Waals surface area contributed by atoms with Crippen LogP contribution in [0.2, 0.25) is 0 Å². The SMILES string of the molecule is CCC(CC)CS(=O)(=O)N1CCCC1CN. The summed E-state index contributed by atoms with van der Waals surface area (Å²) in [6.07, 6.45) is 3.72. The molecular formula is C11H24N2O2S. The van der Waals surface area contributed by atoms with E-state index in [1.807, 2.05) is 13.8 Å². The summed E-state index contributed by atoms with van der Waals surface area (Å²) < 4.78 is 26.0. The number of nitrogens with zero attached hydrogens (tertiary/aromatic N) is 1. The van der Waals surface area contributed by atoms with E-state index in [0.717, 1.165) is 25.7 Å². The van der Waals surface area contributed by atoms with E-state index in [1.54, 1.807) is 4.31 Å². The van der Waals surface area contributed by atoms with E-state index < -0.39 is 10.0 Å². The highest BCUT2D eigenvalue weighted by Crippen LogP contribution is 2.23. The molecule has 1 atom stereocenters. The van der Waals surface area contributed by atoms with Crippen LogP contribution in [0.3, 0.4) is 0 Å². The molecule has 1 unspecified atom stereocenters. The maximum Gasteiger partial charge on any atom is 0.214 e. The molecule has 1 saturated heterocycles. The van der Waals surface area contributed by atoms with Gasteiger partial charge in [0.2, 0.25) is 10.0 Å². The molecular weight excluding hydrogens is 224 g/mol. The summed E-state index contributed by atoms with van der Waals surface area (Å²) >= 11 is 0. The third kappa shape index (κ3) is 3.18. The Kier molecular flexibility index (Phi) is 5.21. The third-order valence-electron chi connectivity index (χ3n) is 3.55. The number of sulfonamides is 1. The first-order valence-corrected chi connectivity index (χ1v) is 7.85. The van der Waals surface area contributed by atoms with Crippen molar-refractivity contribution in [3.63, 3.8) is 0 Å². The van der Waals surface area contributed by atoms with E-state index in [4.69, 9.17) is 5.73 Å². The quantitative estimate of drug-likeness (QED) is 0.767. The van der Waals surface area contributed by atoms with E-state index in [1.165, 1.54) is 0 Å². The zero-order valence-electron chi connectivity index (χ0n) is 10.4. The second-order valence-electron chi connectivity index (χ2n) is 4.60. The van der Waals surface area contributed by atoms with Gasteiger partial charge >= 0.3 is 0 Å². The zero-order chi connectivity index (χ0) is 12.2. The van der Waals surface area contributed by atoms with Gasteiger partial charge in [-0.05, 0) is 18.8 Å². The van der Waals surface area contributed by atoms with Gasteiger partial charge in [0.05, 0.1) is 5.75 Å². The summed E-state index contributed by atoms with van der Waals surface area (Å²) in [4.78, 5) is 0. The van der Waals surface area contributed by atoms with Crippen LogP contribution in [0.25, 0.3) is 0 Å². The molecule has 1 aliphatic heterocycles. The van der Waals surface area contributed by atoms with Gasteiger partial charge in [0.15, 0.2) is 0 Å². The summed E-state index contributed by atoms with van der Waals surface area (Å²) in [6.45, 7) is 5.20. The van der Waals surface area contributed by atoms with Gasteiger partial charge in [-0.15, -0.1) is 0 Å². The first-order chi connectivity index (χ1) is 7.55. The van der Waals surface area contributed by atoms with Crippen molar-refractivity contribution in [2.45, 2.75) is 45.6 Å². The van der Waals surface area contributed by atoms with Gasteiger partial charge in [-0.25, -0.2) is 8.42 Å². The lowest BCUT2D eigenvalue weighted by molar-refractivity contribution is 0.385. The minimum atomic E-state index is -3.09. The lowest BCUT2D eigenvalue weighted by Crippen LogP contribution is -2.42. The molecule has 16 heavy (non-hydrogen) atoms. The van der Waals surface area contributed by atoms with E-state index in [-0.39, 0.29) is 17.7 Å². The third-order valence-corrected chi connectivity index (χ3v) is 5.64. The molecule has 0 aromatic heterocycles. The van der Waals surface area contributed by atoms with Crippen LogP contribution >= 0.6 is 0 Å². The van der Waals surface area contributed by atoms with E-state index in [2.05, 4.69) is 0 Å². The summed E-state index contributed by atoms with van der Waals surface area (Å²) in [7, 11) is -3.09. The maximum atomic E-state index is 12.2. The molecule has 0 radical (unpaired) electrons. The molecule has 0 aromatic rings. The second-order valence-corrected chi connectivity index (χ2v) is 6.57. The maximum absolute atomic E-state index is 12.2. The number of hydrogen-bond donors (Lipinski definition) is 1. The Balaban J connectivity index is 2.69. The number of rotatable bonds is 6. The van der Waals surface area contributed by atoms with Crippen molar-refractivity contribution in [1.82, 2.24) is 4.31 Å². The van der Waals surface area contributed by atoms with Crippen molar-refractivity contribution in [1.29, 1.82) is 0 Å². The first kappa shape index (κ1) is 13.9. The minimum Gasteiger partial charge on any atom is -0.329 e. The van der Waals surface area contributed by atoms with Gasteiger partial charge in [0, 0.05) is 19.1 Å². The van der Waals surface area contributed by atoms with Gasteiger partial charge in [0.1, 0.15) is 0 Å². The smallest absolute Gasteiger partial charge is 0.214 e. The largest absolute Gasteiger partial charge is 0.329 e. The Morgan fingerprint density at radius 1 is 1.38 bits per heavy atom. The van der Waals surface area contributed by atoms with E-state index in [9.17, 15) is 8.42 Å². The summed E-state index contributed by atoms with van der Waals surface area (Å²) in [5.41, 5.74) is 5.61. The monoisotopic (exact) mass is 248 g/mol. The van der Waals surface area contributed by atoms with Crippen LogP contribution in [-0.4, -0.2) is 37.6 Å². The molecule has 2 N–H and O–H groups in total. The van der Waals surface area contributed by atoms with Gasteiger partial charge in [-0.3, -0.25) is 0 Å². The van der Waals surface area contributed by atoms with Crippen molar-refractivity contribution in [3.8, 4) is 0 Å². The molecule has 0 aliphatic carbocycles. The molecule has 0 spiro atoms. The highest BCUT2D eigenvalue weighted by Gasteiger charge is 2.33. The van der Waals surface area contributed by atoms with Crippen molar-refractivity contribution in [3.05, 3.63) is 0 Å². The average molecular weight is 248 g/mol. The highest BCUT2D eigenvalue weighted by atomic mass is 32.2. The normalized spacial score (nSPS) is 23.1. The summed E-state index contributed by atoms with van der Waals surface area (Å²) in [5.74, 6) is 0.570. The fourth-order valence-electron chi connectivity index (χ4n) is 2.33. The fraction of sp³-hybridized carbons (Fsp3) is 1.00. The molecule has 0 bridgehead atoms. The van der Waals surface area contributed by atoms with Crippen LogP contribution in [0, 0.1) is 5.92 Å². The predicted octanol–water partition coefficient (Wildman–Crippen LogP) is 1.18. The van der Waals surface area contributed by atoms with Crippen molar-refractivity contribution in [2.75, 3.05) is 18.8 Å². The van der Waals surface area contributed by atoms with Crippen molar-refractivity contribution < 1.29 is 8.42 Å². The molecule has 4 nitrogen and oxygen atoms in total. The van der Waals surface area contributed by atoms with E-state index in [0.29, 0.717) is 13.1 Å². The first-order valence-electron chi connectivity index (χ1n) is 6.24. The lowest BCUT2D eigenvalue weighted by Gasteiger charge is -2.25. The second kappa shape index (κ2) is 5.98. The topological polar surface area (TPSA) is 63.4 Å². The van der Waals surface area contributed by atoms with Crippen LogP contribution in [0.15, 0.2) is 0 Å². The lowest BCUT2D eigenvalue weighted by atomic mass is 10.1. The Morgan fingerprint density at radius 3 is 2.50 bits per heavy atom. The van der Waals surface area contributed by atoms with Gasteiger partial charge < -0.3 is 5.73 Å². The van der Waals surface area contributed by atoms with Crippen LogP contribution < -0.4 is 5.73 Å². The van der Waals surface area contributed by atoms with Gasteiger partial charge in [-0.1, -0.05) is 26.7 Å². The predicted molar refractivity (Wildman–Crippen MR) is 66.6 cm³/mol. The molecule has 1 heterocycles. The molecule has 0 aromatic carbocycles. The van der Waals surface area contributed by atoms with Gasteiger partial charge in [-0.2, -0.15) is 4.31 Å². The van der Waals surface area contributed by atoms with Crippen LogP contribution in [-0.2, 0) is 10.0 Å². The summed E-state index contributed by atoms with van der Waals surface area (Å²) in [6, 6.07) is 0.0411. The fourth-order valence-corrected chi connectivity index (χ4v) is 4.64. The van der Waals surface area contributed by atoms with Gasteiger partial charge in [0.25, 0.3) is 0 Å². The molecule has 0 saturated carbocycles. The number of hydrogen-bond acceptors (Lipinski definition) is 3. The Morgan fingerprint density at radius 2 is 2.00 bits per heavy atom. The van der Waals surface area contributed by atoms with Crippen LogP contribution in [0.4, 0.5) is 0 Å². The Bertz CT molecular complexity index is 299. The number of nitrogens with two attached hydrogens (primary N) is 1. The molecule has 1 fully saturated rings. The van der Waals surface area contributed by atoms with E-state index >= 15 is 0 Å².